The molecule has 44 heavy (non-hydrogen) atoms. The van der Waals surface area contributed by atoms with Crippen LogP contribution in [0.1, 0.15) is 93.9 Å². The molecule has 2 fully saturated rings. The van der Waals surface area contributed by atoms with Gasteiger partial charge in [-0.25, -0.2) is 5.48 Å². The number of carbonyl (C=O) groups is 3. The normalized spacial score (nSPS) is 22.4. The van der Waals surface area contributed by atoms with Crippen LogP contribution in [0.4, 0.5) is 0 Å². The third-order valence-corrected chi connectivity index (χ3v) is 7.77. The molecule has 4 atom stereocenters. The fraction of sp³-hybridized carbons (Fsp3) is 0.545. The second kappa shape index (κ2) is 15.6. The van der Waals surface area contributed by atoms with Crippen molar-refractivity contribution in [1.29, 1.82) is 0 Å². The Bertz CT molecular complexity index is 1250. The van der Waals surface area contributed by atoms with Crippen LogP contribution in [0.25, 0.3) is 0 Å². The predicted octanol–water partition coefficient (Wildman–Crippen LogP) is 3.82. The molecular weight excluding hydrogens is 566 g/mol. The van der Waals surface area contributed by atoms with Crippen molar-refractivity contribution in [2.24, 2.45) is 0 Å². The van der Waals surface area contributed by atoms with Gasteiger partial charge in [0.2, 0.25) is 11.8 Å². The van der Waals surface area contributed by atoms with Crippen molar-refractivity contribution in [3.05, 3.63) is 70.8 Å². The van der Waals surface area contributed by atoms with Crippen molar-refractivity contribution in [3.63, 3.8) is 0 Å². The molecule has 11 nitrogen and oxygen atoms in total. The van der Waals surface area contributed by atoms with Crippen molar-refractivity contribution in [3.8, 4) is 0 Å². The Labute approximate surface area is 258 Å². The van der Waals surface area contributed by atoms with Crippen molar-refractivity contribution in [1.82, 2.24) is 15.7 Å². The van der Waals surface area contributed by atoms with Crippen molar-refractivity contribution < 1.29 is 38.9 Å². The highest BCUT2D eigenvalue weighted by Crippen LogP contribution is 2.39. The summed E-state index contributed by atoms with van der Waals surface area (Å²) in [5.74, 6) is -0.896. The molecule has 0 aliphatic carbocycles. The van der Waals surface area contributed by atoms with E-state index in [1.54, 1.807) is 5.48 Å². The first-order chi connectivity index (χ1) is 21.0. The molecule has 2 aliphatic rings. The number of aliphatic hydroxyl groups is 1. The topological polar surface area (TPSA) is 147 Å². The van der Waals surface area contributed by atoms with Gasteiger partial charge in [0, 0.05) is 37.9 Å². The van der Waals surface area contributed by atoms with Gasteiger partial charge in [0.1, 0.15) is 11.6 Å². The lowest BCUT2D eigenvalue weighted by molar-refractivity contribution is -0.253. The molecule has 4 rings (SSSR count). The van der Waals surface area contributed by atoms with Crippen LogP contribution in [0.15, 0.2) is 48.5 Å². The summed E-state index contributed by atoms with van der Waals surface area (Å²) in [6.07, 6.45) is 1.79. The number of benzene rings is 2. The molecule has 2 aliphatic heterocycles. The Kier molecular flexibility index (Phi) is 11.9. The first kappa shape index (κ1) is 33.5. The van der Waals surface area contributed by atoms with E-state index in [1.807, 2.05) is 69.3 Å². The van der Waals surface area contributed by atoms with Gasteiger partial charge in [-0.15, -0.1) is 0 Å². The number of hydrogen-bond donors (Lipinski definition) is 4. The van der Waals surface area contributed by atoms with Crippen LogP contribution in [0.2, 0.25) is 0 Å². The third kappa shape index (κ3) is 9.83. The Balaban J connectivity index is 1.42. The molecule has 11 heteroatoms. The zero-order chi connectivity index (χ0) is 31.7. The molecule has 240 valence electrons. The van der Waals surface area contributed by atoms with E-state index in [9.17, 15) is 19.5 Å². The molecular formula is C33H45N3O8. The number of carbonyl (C=O) groups excluding carboxylic acids is 3. The Morgan fingerprint density at radius 3 is 2.27 bits per heavy atom. The van der Waals surface area contributed by atoms with E-state index >= 15 is 0 Å². The molecule has 0 bridgehead atoms. The summed E-state index contributed by atoms with van der Waals surface area (Å²) in [6, 6.07) is 15.1. The molecule has 2 aromatic rings. The minimum Gasteiger partial charge on any atom is -0.459 e. The number of rotatable bonds is 12. The number of hydrogen-bond acceptors (Lipinski definition) is 9. The lowest BCUT2D eigenvalue weighted by Gasteiger charge is -2.38. The SMILES string of the molecule is CC(C)(C)OC(=O)[C@@H]1CCCN1C[C@@H]1C[C@H](c2ccc(CO)cc2)O[C@H](c2ccc(CNC(=O)CCCC(=O)NO)cc2)O1. The standard InChI is InChI=1S/C33H45N3O8/c1-33(2,3)44-31(40)27-6-5-17-36(27)20-26-18-28(24-13-11-23(21-37)12-14-24)43-32(42-26)25-15-9-22(10-16-25)19-34-29(38)7-4-8-30(39)35-41/h9-16,26-28,32,37,41H,4-8,17-21H2,1-3H3,(H,34,38)(H,35,39)/t26-,27-,28+,32+/m0/s1. The first-order valence-corrected chi connectivity index (χ1v) is 15.3. The van der Waals surface area contributed by atoms with Crippen LogP contribution in [0, 0.1) is 0 Å². The summed E-state index contributed by atoms with van der Waals surface area (Å²) in [4.78, 5) is 38.4. The second-order valence-electron chi connectivity index (χ2n) is 12.4. The molecule has 0 unspecified atom stereocenters. The lowest BCUT2D eigenvalue weighted by Crippen LogP contribution is -2.45. The highest BCUT2D eigenvalue weighted by molar-refractivity contribution is 5.78. The van der Waals surface area contributed by atoms with Crippen LogP contribution in [-0.2, 0) is 41.7 Å². The summed E-state index contributed by atoms with van der Waals surface area (Å²) in [5.41, 5.74) is 4.55. The highest BCUT2D eigenvalue weighted by Gasteiger charge is 2.38. The van der Waals surface area contributed by atoms with E-state index in [4.69, 9.17) is 19.4 Å². The monoisotopic (exact) mass is 611 g/mol. The van der Waals surface area contributed by atoms with Gasteiger partial charge in [-0.3, -0.25) is 24.5 Å². The molecule has 4 N–H and O–H groups in total. The van der Waals surface area contributed by atoms with E-state index < -0.39 is 17.8 Å². The molecule has 0 aromatic heterocycles. The largest absolute Gasteiger partial charge is 0.459 e. The third-order valence-electron chi connectivity index (χ3n) is 7.77. The van der Waals surface area contributed by atoms with Gasteiger partial charge >= 0.3 is 5.97 Å². The zero-order valence-electron chi connectivity index (χ0n) is 25.8. The predicted molar refractivity (Wildman–Crippen MR) is 161 cm³/mol. The van der Waals surface area contributed by atoms with E-state index in [0.29, 0.717) is 25.9 Å². The van der Waals surface area contributed by atoms with Crippen LogP contribution >= 0.6 is 0 Å². The average molecular weight is 612 g/mol. The molecule has 0 radical (unpaired) electrons. The Morgan fingerprint density at radius 1 is 0.955 bits per heavy atom. The summed E-state index contributed by atoms with van der Waals surface area (Å²) in [5, 5.41) is 20.9. The molecule has 0 saturated carbocycles. The molecule has 0 spiro atoms. The summed E-state index contributed by atoms with van der Waals surface area (Å²) < 4.78 is 18.7. The molecule has 2 amide bonds. The van der Waals surface area contributed by atoms with Gasteiger partial charge in [0.15, 0.2) is 6.29 Å². The number of likely N-dealkylation sites (tertiary alicyclic amines) is 1. The number of ether oxygens (including phenoxy) is 3. The van der Waals surface area contributed by atoms with E-state index in [2.05, 4.69) is 10.2 Å². The van der Waals surface area contributed by atoms with Gasteiger partial charge in [-0.2, -0.15) is 0 Å². The fourth-order valence-corrected chi connectivity index (χ4v) is 5.52. The quantitative estimate of drug-likeness (QED) is 0.160. The first-order valence-electron chi connectivity index (χ1n) is 15.3. The van der Waals surface area contributed by atoms with Crippen molar-refractivity contribution >= 4 is 17.8 Å². The number of amides is 2. The maximum absolute atomic E-state index is 13.0. The van der Waals surface area contributed by atoms with E-state index in [-0.39, 0.29) is 49.6 Å². The summed E-state index contributed by atoms with van der Waals surface area (Å²) >= 11 is 0. The fourth-order valence-electron chi connectivity index (χ4n) is 5.52. The van der Waals surface area contributed by atoms with Gasteiger partial charge in [-0.05, 0) is 63.3 Å². The van der Waals surface area contributed by atoms with Crippen molar-refractivity contribution in [2.75, 3.05) is 13.1 Å². The lowest BCUT2D eigenvalue weighted by atomic mass is 9.99. The number of hydroxylamine groups is 1. The number of aliphatic hydroxyl groups excluding tert-OH is 1. The van der Waals surface area contributed by atoms with Crippen molar-refractivity contribution in [2.45, 2.75) is 103 Å². The number of nitrogens with one attached hydrogen (secondary N) is 2. The second-order valence-corrected chi connectivity index (χ2v) is 12.4. The van der Waals surface area contributed by atoms with E-state index in [0.717, 1.165) is 41.6 Å². The van der Waals surface area contributed by atoms with Gasteiger partial charge in [-0.1, -0.05) is 48.5 Å². The minimum atomic E-state index is -0.639. The maximum Gasteiger partial charge on any atom is 0.323 e. The number of esters is 1. The molecule has 2 saturated heterocycles. The van der Waals surface area contributed by atoms with Gasteiger partial charge in [0.05, 0.1) is 18.8 Å². The Hall–Kier alpha value is -3.35. The van der Waals surface area contributed by atoms with E-state index in [1.165, 1.54) is 0 Å². The van der Waals surface area contributed by atoms with Crippen LogP contribution in [-0.4, -0.2) is 63.8 Å². The minimum absolute atomic E-state index is 0.0329. The maximum atomic E-state index is 13.0. The van der Waals surface area contributed by atoms with Gasteiger partial charge in [0.25, 0.3) is 0 Å². The summed E-state index contributed by atoms with van der Waals surface area (Å²) in [7, 11) is 0. The molecule has 2 aromatic carbocycles. The molecule has 2 heterocycles. The smallest absolute Gasteiger partial charge is 0.323 e. The van der Waals surface area contributed by atoms with Crippen LogP contribution in [0.5, 0.6) is 0 Å². The van der Waals surface area contributed by atoms with Gasteiger partial charge < -0.3 is 24.6 Å². The van der Waals surface area contributed by atoms with Crippen LogP contribution < -0.4 is 10.8 Å². The summed E-state index contributed by atoms with van der Waals surface area (Å²) in [6.45, 7) is 7.30. The Morgan fingerprint density at radius 2 is 1.61 bits per heavy atom. The average Bonchev–Trinajstić information content (AvgIpc) is 3.47. The zero-order valence-corrected chi connectivity index (χ0v) is 25.8. The highest BCUT2D eigenvalue weighted by atomic mass is 16.7. The number of nitrogens with zero attached hydrogens (tertiary/aromatic N) is 1. The van der Waals surface area contributed by atoms with Crippen LogP contribution in [0.3, 0.4) is 0 Å².